The Labute approximate surface area is 70.3 Å². The molecule has 1 N–H and O–H groups in total. The van der Waals surface area contributed by atoms with Gasteiger partial charge in [-0.3, -0.25) is 0 Å². The second-order valence-electron chi connectivity index (χ2n) is 2.28. The van der Waals surface area contributed by atoms with Gasteiger partial charge in [-0.1, -0.05) is 12.1 Å². The van der Waals surface area contributed by atoms with E-state index < -0.39 is 5.97 Å². The van der Waals surface area contributed by atoms with Crippen LogP contribution in [0.4, 0.5) is 0 Å². The SMILES string of the molecule is Cc1cc([S-])ccc1C(=O)O. The first-order valence-corrected chi connectivity index (χ1v) is 3.53. The molecule has 0 spiro atoms. The Kier molecular flexibility index (Phi) is 2.10. The third-order valence-electron chi connectivity index (χ3n) is 1.43. The first kappa shape index (κ1) is 8.01. The number of aryl methyl sites for hydroxylation is 1. The molecular weight excluding hydrogens is 160 g/mol. The van der Waals surface area contributed by atoms with Crippen molar-refractivity contribution in [2.75, 3.05) is 0 Å². The molecule has 0 aliphatic rings. The number of aromatic carboxylic acids is 1. The Morgan fingerprint density at radius 3 is 2.64 bits per heavy atom. The summed E-state index contributed by atoms with van der Waals surface area (Å²) in [5.41, 5.74) is 1.03. The summed E-state index contributed by atoms with van der Waals surface area (Å²) in [5, 5.41) is 8.62. The Balaban J connectivity index is 3.20. The van der Waals surface area contributed by atoms with Crippen LogP contribution in [0, 0.1) is 6.92 Å². The molecule has 0 bridgehead atoms. The summed E-state index contributed by atoms with van der Waals surface area (Å²) in [6, 6.07) is 4.82. The number of carboxylic acid groups (broad SMARTS) is 1. The van der Waals surface area contributed by atoms with Gasteiger partial charge in [0.2, 0.25) is 0 Å². The fourth-order valence-corrected chi connectivity index (χ4v) is 1.12. The Morgan fingerprint density at radius 1 is 1.55 bits per heavy atom. The molecule has 0 saturated carbocycles. The summed E-state index contributed by atoms with van der Waals surface area (Å²) < 4.78 is 0. The minimum atomic E-state index is -0.905. The smallest absolute Gasteiger partial charge is 0.335 e. The van der Waals surface area contributed by atoms with E-state index in [-0.39, 0.29) is 0 Å². The molecule has 0 atom stereocenters. The van der Waals surface area contributed by atoms with E-state index in [1.54, 1.807) is 19.1 Å². The molecule has 1 aromatic rings. The first-order chi connectivity index (χ1) is 5.11. The van der Waals surface area contributed by atoms with E-state index in [0.29, 0.717) is 16.0 Å². The van der Waals surface area contributed by atoms with Gasteiger partial charge in [0.15, 0.2) is 0 Å². The minimum Gasteiger partial charge on any atom is -0.780 e. The Morgan fingerprint density at radius 2 is 2.18 bits per heavy atom. The van der Waals surface area contributed by atoms with Crippen molar-refractivity contribution >= 4 is 18.6 Å². The molecule has 0 aliphatic heterocycles. The van der Waals surface area contributed by atoms with Crippen LogP contribution in [0.5, 0.6) is 0 Å². The molecule has 11 heavy (non-hydrogen) atoms. The summed E-state index contributed by atoms with van der Waals surface area (Å²) in [6.45, 7) is 1.74. The fourth-order valence-electron chi connectivity index (χ4n) is 0.876. The topological polar surface area (TPSA) is 37.3 Å². The van der Waals surface area contributed by atoms with E-state index >= 15 is 0 Å². The second kappa shape index (κ2) is 2.88. The van der Waals surface area contributed by atoms with Gasteiger partial charge in [-0.05, 0) is 18.6 Å². The molecule has 0 fully saturated rings. The van der Waals surface area contributed by atoms with Crippen LogP contribution in [0.25, 0.3) is 0 Å². The van der Waals surface area contributed by atoms with Gasteiger partial charge in [-0.2, -0.15) is 4.90 Å². The number of hydrogen-bond acceptors (Lipinski definition) is 2. The predicted molar refractivity (Wildman–Crippen MR) is 43.8 cm³/mol. The number of benzene rings is 1. The van der Waals surface area contributed by atoms with Crippen molar-refractivity contribution in [3.05, 3.63) is 29.3 Å². The van der Waals surface area contributed by atoms with Crippen molar-refractivity contribution in [3.8, 4) is 0 Å². The van der Waals surface area contributed by atoms with Crippen LogP contribution in [0.1, 0.15) is 15.9 Å². The molecule has 0 heterocycles. The zero-order chi connectivity index (χ0) is 8.43. The number of carboxylic acids is 1. The maximum atomic E-state index is 10.5. The lowest BCUT2D eigenvalue weighted by molar-refractivity contribution is 0.0696. The lowest BCUT2D eigenvalue weighted by Crippen LogP contribution is -1.98. The summed E-state index contributed by atoms with van der Waals surface area (Å²) in [4.78, 5) is 11.2. The maximum Gasteiger partial charge on any atom is 0.335 e. The van der Waals surface area contributed by atoms with E-state index in [1.165, 1.54) is 6.07 Å². The summed E-state index contributed by atoms with van der Waals surface area (Å²) in [7, 11) is 0. The van der Waals surface area contributed by atoms with Gasteiger partial charge in [0.05, 0.1) is 5.56 Å². The molecule has 0 amide bonds. The van der Waals surface area contributed by atoms with Gasteiger partial charge in [0, 0.05) is 0 Å². The van der Waals surface area contributed by atoms with Crippen molar-refractivity contribution in [1.29, 1.82) is 0 Å². The first-order valence-electron chi connectivity index (χ1n) is 3.12. The van der Waals surface area contributed by atoms with E-state index in [9.17, 15) is 4.79 Å². The molecule has 0 aliphatic carbocycles. The Bertz CT molecular complexity index is 294. The predicted octanol–water partition coefficient (Wildman–Crippen LogP) is 1.60. The number of hydrogen-bond donors (Lipinski definition) is 1. The van der Waals surface area contributed by atoms with Gasteiger partial charge in [0.1, 0.15) is 0 Å². The van der Waals surface area contributed by atoms with Crippen LogP contribution in [0.15, 0.2) is 23.1 Å². The van der Waals surface area contributed by atoms with Crippen molar-refractivity contribution < 1.29 is 9.90 Å². The minimum absolute atomic E-state index is 0.318. The van der Waals surface area contributed by atoms with Crippen molar-refractivity contribution in [1.82, 2.24) is 0 Å². The van der Waals surface area contributed by atoms with Crippen molar-refractivity contribution in [3.63, 3.8) is 0 Å². The zero-order valence-corrected chi connectivity index (χ0v) is 6.81. The molecule has 1 aromatic carbocycles. The number of carbonyl (C=O) groups is 1. The molecule has 0 saturated heterocycles. The zero-order valence-electron chi connectivity index (χ0n) is 6.00. The molecule has 0 unspecified atom stereocenters. The number of rotatable bonds is 1. The lowest BCUT2D eigenvalue weighted by atomic mass is 10.1. The van der Waals surface area contributed by atoms with Gasteiger partial charge in [-0.15, -0.1) is 0 Å². The van der Waals surface area contributed by atoms with Crippen LogP contribution in [0.2, 0.25) is 0 Å². The average Bonchev–Trinajstić information content (AvgIpc) is 1.85. The normalized spacial score (nSPS) is 9.55. The highest BCUT2D eigenvalue weighted by Gasteiger charge is 2.03. The second-order valence-corrected chi connectivity index (χ2v) is 2.75. The van der Waals surface area contributed by atoms with Crippen LogP contribution in [-0.4, -0.2) is 11.1 Å². The van der Waals surface area contributed by atoms with Gasteiger partial charge >= 0.3 is 5.97 Å². The average molecular weight is 167 g/mol. The van der Waals surface area contributed by atoms with Crippen molar-refractivity contribution in [2.24, 2.45) is 0 Å². The quantitative estimate of drug-likeness (QED) is 0.645. The third-order valence-corrected chi connectivity index (χ3v) is 1.68. The monoisotopic (exact) mass is 167 g/mol. The molecule has 0 radical (unpaired) electrons. The van der Waals surface area contributed by atoms with Gasteiger partial charge in [-0.25, -0.2) is 4.79 Å². The maximum absolute atomic E-state index is 10.5. The van der Waals surface area contributed by atoms with Gasteiger partial charge < -0.3 is 17.7 Å². The highest BCUT2D eigenvalue weighted by atomic mass is 32.1. The molecule has 58 valence electrons. The van der Waals surface area contributed by atoms with E-state index in [2.05, 4.69) is 0 Å². The molecule has 3 heteroatoms. The highest BCUT2D eigenvalue weighted by Crippen LogP contribution is 2.09. The fraction of sp³-hybridized carbons (Fsp3) is 0.125. The standard InChI is InChI=1S/C8H8O2S/c1-5-4-6(11)2-3-7(5)8(9)10/h2-4,11H,1H3,(H,9,10)/p-1. The largest absolute Gasteiger partial charge is 0.780 e. The van der Waals surface area contributed by atoms with Crippen LogP contribution in [0.3, 0.4) is 0 Å². The third kappa shape index (κ3) is 1.68. The lowest BCUT2D eigenvalue weighted by Gasteiger charge is -2.07. The van der Waals surface area contributed by atoms with Gasteiger partial charge in [0.25, 0.3) is 0 Å². The molecule has 2 nitrogen and oxygen atoms in total. The van der Waals surface area contributed by atoms with Crippen LogP contribution < -0.4 is 0 Å². The summed E-state index contributed by atoms with van der Waals surface area (Å²) >= 11 is 4.85. The summed E-state index contributed by atoms with van der Waals surface area (Å²) in [6.07, 6.45) is 0. The molecule has 0 aromatic heterocycles. The van der Waals surface area contributed by atoms with Crippen molar-refractivity contribution in [2.45, 2.75) is 11.8 Å². The van der Waals surface area contributed by atoms with E-state index in [4.69, 9.17) is 17.7 Å². The van der Waals surface area contributed by atoms with Crippen LogP contribution >= 0.6 is 0 Å². The van der Waals surface area contributed by atoms with E-state index in [0.717, 1.165) is 0 Å². The van der Waals surface area contributed by atoms with Crippen LogP contribution in [-0.2, 0) is 12.6 Å². The summed E-state index contributed by atoms with van der Waals surface area (Å²) in [5.74, 6) is -0.905. The molecule has 1 rings (SSSR count). The molecular formula is C8H7O2S-. The Hall–Kier alpha value is -1.09. The highest BCUT2D eigenvalue weighted by molar-refractivity contribution is 7.58. The van der Waals surface area contributed by atoms with E-state index in [1.807, 2.05) is 0 Å².